The molecule has 9 heteroatoms. The van der Waals surface area contributed by atoms with Crippen LogP contribution in [0.4, 0.5) is 11.6 Å². The summed E-state index contributed by atoms with van der Waals surface area (Å²) < 4.78 is 1.89. The second-order valence-electron chi connectivity index (χ2n) is 9.44. The van der Waals surface area contributed by atoms with Crippen LogP contribution in [0.15, 0.2) is 55.0 Å². The van der Waals surface area contributed by atoms with Gasteiger partial charge in [-0.05, 0) is 56.0 Å². The van der Waals surface area contributed by atoms with E-state index in [0.29, 0.717) is 25.6 Å². The molecule has 35 heavy (non-hydrogen) atoms. The molecule has 9 nitrogen and oxygen atoms in total. The molecule has 0 spiro atoms. The minimum Gasteiger partial charge on any atom is -0.391 e. The Morgan fingerprint density at radius 2 is 2.00 bits per heavy atom. The zero-order valence-corrected chi connectivity index (χ0v) is 19.6. The third-order valence-corrected chi connectivity index (χ3v) is 6.89. The normalized spacial score (nSPS) is 20.1. The summed E-state index contributed by atoms with van der Waals surface area (Å²) in [6.45, 7) is 2.83. The molecule has 6 rings (SSSR count). The minimum atomic E-state index is -0.338. The van der Waals surface area contributed by atoms with Crippen LogP contribution in [0.3, 0.4) is 0 Å². The topological polar surface area (TPSA) is 112 Å². The number of hydrogen-bond donors (Lipinski definition) is 4. The number of rotatable bonds is 8. The molecule has 1 saturated heterocycles. The van der Waals surface area contributed by atoms with Gasteiger partial charge in [-0.25, -0.2) is 4.98 Å². The molecular weight excluding hydrogens is 440 g/mol. The summed E-state index contributed by atoms with van der Waals surface area (Å²) in [5, 5.41) is 25.2. The Morgan fingerprint density at radius 1 is 1.06 bits per heavy atom. The van der Waals surface area contributed by atoms with Crippen molar-refractivity contribution >= 4 is 17.3 Å². The molecule has 1 saturated carbocycles. The van der Waals surface area contributed by atoms with E-state index in [1.165, 1.54) is 18.4 Å². The van der Waals surface area contributed by atoms with Gasteiger partial charge in [0.2, 0.25) is 0 Å². The number of anilines is 2. The van der Waals surface area contributed by atoms with Crippen molar-refractivity contribution in [3.8, 4) is 11.3 Å². The van der Waals surface area contributed by atoms with Crippen molar-refractivity contribution < 1.29 is 5.11 Å². The first-order valence-corrected chi connectivity index (χ1v) is 12.4. The fourth-order valence-corrected chi connectivity index (χ4v) is 4.64. The molecule has 1 aliphatic heterocycles. The van der Waals surface area contributed by atoms with Crippen molar-refractivity contribution in [2.24, 2.45) is 5.92 Å². The van der Waals surface area contributed by atoms with Gasteiger partial charge in [0.25, 0.3) is 0 Å². The van der Waals surface area contributed by atoms with Crippen molar-refractivity contribution in [2.45, 2.75) is 37.8 Å². The SMILES string of the molecule is O[C@H]1CNCC[C@@H]1CNc1cc(NCc2ccc(-c3ccccn3)cn2)n2ncc(C3CC3)c2n1. The summed E-state index contributed by atoms with van der Waals surface area (Å²) in [4.78, 5) is 13.9. The number of piperidine rings is 1. The Bertz CT molecular complexity index is 1290. The molecule has 0 radical (unpaired) electrons. The van der Waals surface area contributed by atoms with Crippen LogP contribution in [-0.2, 0) is 6.54 Å². The first-order valence-electron chi connectivity index (χ1n) is 12.4. The third kappa shape index (κ3) is 4.82. The summed E-state index contributed by atoms with van der Waals surface area (Å²) in [6, 6.07) is 11.9. The third-order valence-electron chi connectivity index (χ3n) is 6.89. The van der Waals surface area contributed by atoms with Crippen LogP contribution in [0.2, 0.25) is 0 Å². The highest BCUT2D eigenvalue weighted by molar-refractivity contribution is 5.62. The summed E-state index contributed by atoms with van der Waals surface area (Å²) in [5.41, 5.74) is 4.93. The Kier molecular flexibility index (Phi) is 6.01. The number of hydrogen-bond acceptors (Lipinski definition) is 8. The Morgan fingerprint density at radius 3 is 2.77 bits per heavy atom. The Labute approximate surface area is 204 Å². The predicted molar refractivity (Wildman–Crippen MR) is 135 cm³/mol. The van der Waals surface area contributed by atoms with Crippen LogP contribution in [0.25, 0.3) is 16.9 Å². The number of fused-ring (bicyclic) bond motifs is 1. The quantitative estimate of drug-likeness (QED) is 0.311. The second-order valence-corrected chi connectivity index (χ2v) is 9.44. The van der Waals surface area contributed by atoms with Crippen LogP contribution in [0.5, 0.6) is 0 Å². The van der Waals surface area contributed by atoms with Gasteiger partial charge in [-0.15, -0.1) is 0 Å². The molecule has 2 fully saturated rings. The molecule has 4 aromatic rings. The molecular formula is C26H30N8O. The van der Waals surface area contributed by atoms with Crippen LogP contribution in [0, 0.1) is 5.92 Å². The van der Waals surface area contributed by atoms with E-state index in [1.54, 1.807) is 6.20 Å². The highest BCUT2D eigenvalue weighted by atomic mass is 16.3. The lowest BCUT2D eigenvalue weighted by Gasteiger charge is -2.28. The number of β-amino-alcohol motifs (C(OH)–C–C–N with tert-alkyl or cyclic N) is 1. The smallest absolute Gasteiger partial charge is 0.163 e. The summed E-state index contributed by atoms with van der Waals surface area (Å²) in [6.07, 6.45) is 8.59. The van der Waals surface area contributed by atoms with Gasteiger partial charge in [-0.3, -0.25) is 9.97 Å². The fraction of sp³-hybridized carbons (Fsp3) is 0.385. The second kappa shape index (κ2) is 9.59. The maximum atomic E-state index is 10.3. The van der Waals surface area contributed by atoms with Gasteiger partial charge >= 0.3 is 0 Å². The molecule has 0 bridgehead atoms. The lowest BCUT2D eigenvalue weighted by molar-refractivity contribution is 0.0883. The van der Waals surface area contributed by atoms with Crippen molar-refractivity contribution in [3.05, 3.63) is 66.2 Å². The van der Waals surface area contributed by atoms with Gasteiger partial charge in [-0.2, -0.15) is 9.61 Å². The highest BCUT2D eigenvalue weighted by Crippen LogP contribution is 2.42. The number of pyridine rings is 2. The number of aromatic nitrogens is 5. The van der Waals surface area contributed by atoms with Crippen LogP contribution in [-0.4, -0.2) is 55.4 Å². The number of nitrogens with zero attached hydrogens (tertiary/aromatic N) is 5. The fourth-order valence-electron chi connectivity index (χ4n) is 4.64. The van der Waals surface area contributed by atoms with E-state index >= 15 is 0 Å². The lowest BCUT2D eigenvalue weighted by atomic mass is 9.95. The molecule has 0 aromatic carbocycles. The van der Waals surface area contributed by atoms with Gasteiger partial charge in [0.1, 0.15) is 11.6 Å². The Hall–Kier alpha value is -3.56. The van der Waals surface area contributed by atoms with E-state index in [9.17, 15) is 5.11 Å². The number of aliphatic hydroxyl groups excluding tert-OH is 1. The number of aliphatic hydroxyl groups is 1. The predicted octanol–water partition coefficient (Wildman–Crippen LogP) is 3.06. The van der Waals surface area contributed by atoms with Crippen LogP contribution >= 0.6 is 0 Å². The molecule has 1 aliphatic carbocycles. The molecule has 2 atom stereocenters. The monoisotopic (exact) mass is 470 g/mol. The van der Waals surface area contributed by atoms with Crippen LogP contribution < -0.4 is 16.0 Å². The van der Waals surface area contributed by atoms with Crippen LogP contribution in [0.1, 0.15) is 36.4 Å². The molecule has 0 amide bonds. The van der Waals surface area contributed by atoms with Crippen molar-refractivity contribution in [3.63, 3.8) is 0 Å². The summed E-state index contributed by atoms with van der Waals surface area (Å²) in [7, 11) is 0. The average Bonchev–Trinajstić information content (AvgIpc) is 3.66. The van der Waals surface area contributed by atoms with Gasteiger partial charge in [0, 0.05) is 48.6 Å². The van der Waals surface area contributed by atoms with E-state index in [2.05, 4.69) is 31.0 Å². The van der Waals surface area contributed by atoms with Gasteiger partial charge in [0.05, 0.1) is 30.2 Å². The van der Waals surface area contributed by atoms with Gasteiger partial charge in [0.15, 0.2) is 5.65 Å². The summed E-state index contributed by atoms with van der Waals surface area (Å²) in [5.74, 6) is 2.42. The Balaban J connectivity index is 1.21. The first kappa shape index (κ1) is 21.9. The molecule has 2 aliphatic rings. The van der Waals surface area contributed by atoms with Crippen molar-refractivity contribution in [1.29, 1.82) is 0 Å². The maximum absolute atomic E-state index is 10.3. The first-order chi connectivity index (χ1) is 17.2. The van der Waals surface area contributed by atoms with E-state index in [1.807, 2.05) is 53.3 Å². The van der Waals surface area contributed by atoms with E-state index < -0.39 is 0 Å². The maximum Gasteiger partial charge on any atom is 0.163 e. The average molecular weight is 471 g/mol. The van der Waals surface area contributed by atoms with E-state index in [0.717, 1.165) is 47.2 Å². The standard InChI is InChI=1S/C26H30N8O/c35-23-16-27-10-8-19(23)13-30-24-11-25(34-26(33-24)21(15-32-34)17-4-5-17)31-14-20-7-6-18(12-29-20)22-3-1-2-9-28-22/h1-3,6-7,9,11-12,15,17,19,23,27,31,35H,4-5,8,10,13-14,16H2,(H,30,33)/t19-,23+/m1/s1. The number of nitrogens with one attached hydrogen (secondary N) is 3. The zero-order valence-electron chi connectivity index (χ0n) is 19.6. The largest absolute Gasteiger partial charge is 0.391 e. The van der Waals surface area contributed by atoms with Crippen molar-refractivity contribution in [1.82, 2.24) is 29.9 Å². The van der Waals surface area contributed by atoms with Gasteiger partial charge < -0.3 is 21.1 Å². The minimum absolute atomic E-state index is 0.209. The summed E-state index contributed by atoms with van der Waals surface area (Å²) >= 11 is 0. The molecule has 0 unspecified atom stereocenters. The van der Waals surface area contributed by atoms with Gasteiger partial charge in [-0.1, -0.05) is 6.07 Å². The highest BCUT2D eigenvalue weighted by Gasteiger charge is 2.28. The molecule has 180 valence electrons. The molecule has 4 N–H and O–H groups in total. The lowest BCUT2D eigenvalue weighted by Crippen LogP contribution is -2.43. The van der Waals surface area contributed by atoms with Crippen molar-refractivity contribution in [2.75, 3.05) is 30.3 Å². The van der Waals surface area contributed by atoms with E-state index in [4.69, 9.17) is 4.98 Å². The zero-order chi connectivity index (χ0) is 23.6. The van der Waals surface area contributed by atoms with E-state index in [-0.39, 0.29) is 12.0 Å². The molecule has 4 aromatic heterocycles. The molecule has 5 heterocycles.